The number of hydrogen-bond acceptors (Lipinski definition) is 6. The molecule has 21 heavy (non-hydrogen) atoms. The third kappa shape index (κ3) is 3.36. The molecule has 0 saturated carbocycles. The molecule has 1 aromatic heterocycles. The molecule has 10 heteroatoms. The first-order chi connectivity index (χ1) is 10.0. The Hall–Kier alpha value is -2.88. The largest absolute Gasteiger partial charge is 0.329 e. The molecule has 0 fully saturated rings. The number of nitrogens with one attached hydrogen (secondary N) is 1. The van der Waals surface area contributed by atoms with Gasteiger partial charge in [-0.15, -0.1) is 5.10 Å². The van der Waals surface area contributed by atoms with Crippen LogP contribution in [-0.4, -0.2) is 32.4 Å². The quantitative estimate of drug-likeness (QED) is 0.611. The number of benzene rings is 1. The number of nitro groups is 1. The lowest BCUT2D eigenvalue weighted by atomic mass is 10.2. The van der Waals surface area contributed by atoms with Crippen LogP contribution in [0.2, 0.25) is 0 Å². The van der Waals surface area contributed by atoms with Gasteiger partial charge in [-0.25, -0.2) is 4.39 Å². The number of halogens is 1. The number of carbonyl (C=O) groups is 1. The molecule has 1 aromatic carbocycles. The SMILES string of the molecule is NCCn1cc(C(=O)Nc2ccc(F)cc2[N+](=O)[O-])nn1. The van der Waals surface area contributed by atoms with Gasteiger partial charge >= 0.3 is 0 Å². The molecule has 0 radical (unpaired) electrons. The number of anilines is 1. The third-order valence-corrected chi connectivity index (χ3v) is 2.53. The monoisotopic (exact) mass is 294 g/mol. The number of nitrogens with zero attached hydrogens (tertiary/aromatic N) is 4. The molecule has 0 unspecified atom stereocenters. The molecule has 0 atom stereocenters. The van der Waals surface area contributed by atoms with Gasteiger partial charge in [0.15, 0.2) is 5.69 Å². The maximum atomic E-state index is 13.0. The summed E-state index contributed by atoms with van der Waals surface area (Å²) in [5, 5.41) is 20.4. The fourth-order valence-corrected chi connectivity index (χ4v) is 1.59. The number of nitrogens with two attached hydrogens (primary N) is 1. The summed E-state index contributed by atoms with van der Waals surface area (Å²) >= 11 is 0. The minimum Gasteiger partial charge on any atom is -0.329 e. The van der Waals surface area contributed by atoms with E-state index in [2.05, 4.69) is 15.6 Å². The first kappa shape index (κ1) is 14.5. The zero-order valence-electron chi connectivity index (χ0n) is 10.7. The first-order valence-corrected chi connectivity index (χ1v) is 5.86. The fraction of sp³-hybridized carbons (Fsp3) is 0.182. The Morgan fingerprint density at radius 3 is 2.95 bits per heavy atom. The van der Waals surface area contributed by atoms with E-state index in [4.69, 9.17) is 5.73 Å². The normalized spacial score (nSPS) is 10.4. The van der Waals surface area contributed by atoms with Crippen molar-refractivity contribution in [3.8, 4) is 0 Å². The Labute approximate surface area is 117 Å². The maximum Gasteiger partial charge on any atom is 0.295 e. The zero-order chi connectivity index (χ0) is 15.4. The van der Waals surface area contributed by atoms with Crippen LogP contribution >= 0.6 is 0 Å². The average Bonchev–Trinajstić information content (AvgIpc) is 2.89. The molecule has 2 rings (SSSR count). The fourth-order valence-electron chi connectivity index (χ4n) is 1.59. The summed E-state index contributed by atoms with van der Waals surface area (Å²) in [4.78, 5) is 22.0. The third-order valence-electron chi connectivity index (χ3n) is 2.53. The molecular weight excluding hydrogens is 283 g/mol. The Morgan fingerprint density at radius 2 is 2.29 bits per heavy atom. The topological polar surface area (TPSA) is 129 Å². The summed E-state index contributed by atoms with van der Waals surface area (Å²) in [7, 11) is 0. The summed E-state index contributed by atoms with van der Waals surface area (Å²) in [5.41, 5.74) is 4.64. The van der Waals surface area contributed by atoms with Crippen molar-refractivity contribution in [1.82, 2.24) is 15.0 Å². The lowest BCUT2D eigenvalue weighted by Crippen LogP contribution is -2.14. The van der Waals surface area contributed by atoms with Crippen molar-refractivity contribution in [3.63, 3.8) is 0 Å². The zero-order valence-corrected chi connectivity index (χ0v) is 10.7. The Kier molecular flexibility index (Phi) is 4.18. The van der Waals surface area contributed by atoms with Crippen LogP contribution in [0, 0.1) is 15.9 Å². The van der Waals surface area contributed by atoms with Crippen molar-refractivity contribution in [3.05, 3.63) is 46.0 Å². The Balaban J connectivity index is 2.20. The van der Waals surface area contributed by atoms with Gasteiger partial charge in [-0.3, -0.25) is 19.6 Å². The Morgan fingerprint density at radius 1 is 1.52 bits per heavy atom. The summed E-state index contributed by atoms with van der Waals surface area (Å²) in [5.74, 6) is -1.46. The van der Waals surface area contributed by atoms with Crippen LogP contribution in [-0.2, 0) is 6.54 Å². The van der Waals surface area contributed by atoms with Crippen LogP contribution in [0.3, 0.4) is 0 Å². The van der Waals surface area contributed by atoms with Gasteiger partial charge in [0.1, 0.15) is 11.5 Å². The predicted octanol–water partition coefficient (Wildman–Crippen LogP) is 0.536. The van der Waals surface area contributed by atoms with Gasteiger partial charge in [0.05, 0.1) is 23.7 Å². The Bertz CT molecular complexity index is 686. The molecule has 2 aromatic rings. The van der Waals surface area contributed by atoms with E-state index in [0.29, 0.717) is 13.1 Å². The molecule has 1 amide bonds. The van der Waals surface area contributed by atoms with Crippen LogP contribution in [0.1, 0.15) is 10.5 Å². The van der Waals surface area contributed by atoms with E-state index in [9.17, 15) is 19.3 Å². The van der Waals surface area contributed by atoms with E-state index in [1.54, 1.807) is 0 Å². The predicted molar refractivity (Wildman–Crippen MR) is 70.1 cm³/mol. The number of amides is 1. The summed E-state index contributed by atoms with van der Waals surface area (Å²) in [6.07, 6.45) is 1.36. The van der Waals surface area contributed by atoms with Gasteiger partial charge in [-0.1, -0.05) is 5.21 Å². The van der Waals surface area contributed by atoms with E-state index in [1.165, 1.54) is 10.9 Å². The molecule has 3 N–H and O–H groups in total. The number of hydrogen-bond donors (Lipinski definition) is 2. The van der Waals surface area contributed by atoms with Crippen LogP contribution < -0.4 is 11.1 Å². The molecule has 0 aliphatic carbocycles. The molecule has 0 aliphatic heterocycles. The van der Waals surface area contributed by atoms with E-state index in [-0.39, 0.29) is 11.4 Å². The van der Waals surface area contributed by atoms with Crippen LogP contribution in [0.4, 0.5) is 15.8 Å². The maximum absolute atomic E-state index is 13.0. The van der Waals surface area contributed by atoms with Crippen molar-refractivity contribution in [2.24, 2.45) is 5.73 Å². The van der Waals surface area contributed by atoms with E-state index in [0.717, 1.165) is 18.2 Å². The number of carbonyl (C=O) groups excluding carboxylic acids is 1. The van der Waals surface area contributed by atoms with E-state index in [1.807, 2.05) is 0 Å². The van der Waals surface area contributed by atoms with Crippen molar-refractivity contribution in [1.29, 1.82) is 0 Å². The molecular formula is C11H11FN6O3. The highest BCUT2D eigenvalue weighted by atomic mass is 19.1. The standard InChI is InChI=1S/C11H11FN6O3/c12-7-1-2-8(10(5-7)18(20)21)14-11(19)9-6-17(4-3-13)16-15-9/h1-2,5-6H,3-4,13H2,(H,14,19). The highest BCUT2D eigenvalue weighted by Gasteiger charge is 2.19. The van der Waals surface area contributed by atoms with Gasteiger partial charge in [0, 0.05) is 6.54 Å². The highest BCUT2D eigenvalue weighted by Crippen LogP contribution is 2.25. The summed E-state index contributed by atoms with van der Waals surface area (Å²) in [6.45, 7) is 0.713. The molecule has 9 nitrogen and oxygen atoms in total. The first-order valence-electron chi connectivity index (χ1n) is 5.86. The molecule has 110 valence electrons. The van der Waals surface area contributed by atoms with Crippen LogP contribution in [0.5, 0.6) is 0 Å². The molecule has 1 heterocycles. The lowest BCUT2D eigenvalue weighted by molar-refractivity contribution is -0.384. The van der Waals surface area contributed by atoms with Crippen molar-refractivity contribution < 1.29 is 14.1 Å². The van der Waals surface area contributed by atoms with E-state index >= 15 is 0 Å². The number of aromatic nitrogens is 3. The van der Waals surface area contributed by atoms with Gasteiger partial charge in [-0.2, -0.15) is 0 Å². The molecule has 0 saturated heterocycles. The summed E-state index contributed by atoms with van der Waals surface area (Å²) < 4.78 is 14.4. The second-order valence-corrected chi connectivity index (χ2v) is 4.03. The van der Waals surface area contributed by atoms with Crippen molar-refractivity contribution >= 4 is 17.3 Å². The van der Waals surface area contributed by atoms with Crippen molar-refractivity contribution in [2.45, 2.75) is 6.54 Å². The minimum absolute atomic E-state index is 0.0259. The van der Waals surface area contributed by atoms with Gasteiger partial charge in [0.25, 0.3) is 11.6 Å². The van der Waals surface area contributed by atoms with Gasteiger partial charge in [0.2, 0.25) is 0 Å². The number of rotatable bonds is 5. The van der Waals surface area contributed by atoms with E-state index < -0.39 is 22.3 Å². The second kappa shape index (κ2) is 6.05. The molecule has 0 spiro atoms. The minimum atomic E-state index is -0.788. The smallest absolute Gasteiger partial charge is 0.295 e. The molecule has 0 aliphatic rings. The van der Waals surface area contributed by atoms with Gasteiger partial charge in [-0.05, 0) is 12.1 Å². The van der Waals surface area contributed by atoms with Crippen LogP contribution in [0.15, 0.2) is 24.4 Å². The highest BCUT2D eigenvalue weighted by molar-refractivity contribution is 6.03. The van der Waals surface area contributed by atoms with Crippen LogP contribution in [0.25, 0.3) is 0 Å². The van der Waals surface area contributed by atoms with Gasteiger partial charge < -0.3 is 11.1 Å². The summed E-state index contributed by atoms with van der Waals surface area (Å²) in [6, 6.07) is 2.84. The second-order valence-electron chi connectivity index (χ2n) is 4.03. The lowest BCUT2D eigenvalue weighted by Gasteiger charge is -2.03. The number of nitro benzene ring substituents is 1. The average molecular weight is 294 g/mol. The van der Waals surface area contributed by atoms with Crippen molar-refractivity contribution in [2.75, 3.05) is 11.9 Å². The molecule has 0 bridgehead atoms.